The van der Waals surface area contributed by atoms with E-state index in [1.165, 1.54) is 11.1 Å². The van der Waals surface area contributed by atoms with E-state index < -0.39 is 0 Å². The average Bonchev–Trinajstić information content (AvgIpc) is 2.40. The molecule has 0 fully saturated rings. The third-order valence-electron chi connectivity index (χ3n) is 2.87. The molecule has 0 radical (unpaired) electrons. The first-order chi connectivity index (χ1) is 8.31. The molecule has 0 amide bonds. The number of halogens is 1. The number of rotatable bonds is 4. The van der Waals surface area contributed by atoms with Crippen molar-refractivity contribution in [2.75, 3.05) is 0 Å². The molecule has 1 nitrogen and oxygen atoms in total. The summed E-state index contributed by atoms with van der Waals surface area (Å²) in [4.78, 5) is 0. The van der Waals surface area contributed by atoms with Crippen LogP contribution in [0.3, 0.4) is 0 Å². The van der Waals surface area contributed by atoms with Gasteiger partial charge in [0.25, 0.3) is 0 Å². The fraction of sp³-hybridized carbons (Fsp3) is 0.125. The van der Waals surface area contributed by atoms with E-state index in [1.807, 2.05) is 24.3 Å². The second kappa shape index (κ2) is 7.00. The van der Waals surface area contributed by atoms with Gasteiger partial charge in [-0.25, -0.2) is 0 Å². The minimum absolute atomic E-state index is 0. The lowest BCUT2D eigenvalue weighted by atomic mass is 10.00. The molecule has 2 aromatic rings. The van der Waals surface area contributed by atoms with Gasteiger partial charge in [0, 0.05) is 6.04 Å². The summed E-state index contributed by atoms with van der Waals surface area (Å²) in [6.07, 6.45) is 2.67. The van der Waals surface area contributed by atoms with Crippen molar-refractivity contribution in [3.63, 3.8) is 0 Å². The highest BCUT2D eigenvalue weighted by molar-refractivity contribution is 5.85. The Bertz CT molecular complexity index is 476. The van der Waals surface area contributed by atoms with Crippen LogP contribution in [0.5, 0.6) is 0 Å². The van der Waals surface area contributed by atoms with Gasteiger partial charge >= 0.3 is 0 Å². The average molecular weight is 260 g/mol. The summed E-state index contributed by atoms with van der Waals surface area (Å²) in [6, 6.07) is 18.8. The smallest absolute Gasteiger partial charge is 0.0329 e. The van der Waals surface area contributed by atoms with Crippen molar-refractivity contribution in [1.29, 1.82) is 0 Å². The second-order valence-corrected chi connectivity index (χ2v) is 4.12. The molecule has 0 aliphatic heterocycles. The number of hydrogen-bond acceptors (Lipinski definition) is 1. The number of nitrogens with two attached hydrogens (primary N) is 1. The second-order valence-electron chi connectivity index (χ2n) is 4.12. The van der Waals surface area contributed by atoms with Gasteiger partial charge in [-0.2, -0.15) is 0 Å². The Hall–Kier alpha value is -1.57. The maximum absolute atomic E-state index is 6.02. The first-order valence-electron chi connectivity index (χ1n) is 5.83. The highest BCUT2D eigenvalue weighted by atomic mass is 35.5. The van der Waals surface area contributed by atoms with Crippen LogP contribution < -0.4 is 5.73 Å². The molecule has 0 bridgehead atoms. The largest absolute Gasteiger partial charge is 0.324 e. The van der Waals surface area contributed by atoms with Crippen molar-refractivity contribution >= 4 is 12.4 Å². The van der Waals surface area contributed by atoms with Gasteiger partial charge in [0.05, 0.1) is 0 Å². The summed E-state index contributed by atoms with van der Waals surface area (Å²) in [5.74, 6) is 0. The molecule has 0 aliphatic carbocycles. The van der Waals surface area contributed by atoms with Crippen LogP contribution in [0.1, 0.15) is 18.0 Å². The molecular formula is C16H18ClN. The third kappa shape index (κ3) is 3.46. The van der Waals surface area contributed by atoms with E-state index >= 15 is 0 Å². The predicted octanol–water partition coefficient (Wildman–Crippen LogP) is 4.35. The van der Waals surface area contributed by atoms with Crippen LogP contribution >= 0.6 is 12.4 Å². The van der Waals surface area contributed by atoms with Gasteiger partial charge in [-0.1, -0.05) is 60.7 Å². The van der Waals surface area contributed by atoms with Crippen LogP contribution in [0.4, 0.5) is 0 Å². The Kier molecular flexibility index (Phi) is 5.63. The lowest BCUT2D eigenvalue weighted by Crippen LogP contribution is -2.08. The predicted molar refractivity (Wildman–Crippen MR) is 80.9 cm³/mol. The molecule has 2 N–H and O–H groups in total. The summed E-state index contributed by atoms with van der Waals surface area (Å²) >= 11 is 0. The minimum atomic E-state index is 0. The van der Waals surface area contributed by atoms with Gasteiger partial charge in [-0.05, 0) is 23.1 Å². The molecule has 0 aliphatic rings. The van der Waals surface area contributed by atoms with Gasteiger partial charge < -0.3 is 5.73 Å². The molecule has 0 aromatic heterocycles. The van der Waals surface area contributed by atoms with Crippen LogP contribution in [0.15, 0.2) is 67.3 Å². The number of hydrogen-bond donors (Lipinski definition) is 1. The van der Waals surface area contributed by atoms with Crippen LogP contribution in [0.25, 0.3) is 11.1 Å². The normalized spacial score (nSPS) is 11.4. The van der Waals surface area contributed by atoms with E-state index in [0.29, 0.717) is 0 Å². The van der Waals surface area contributed by atoms with Crippen molar-refractivity contribution in [2.24, 2.45) is 5.73 Å². The summed E-state index contributed by atoms with van der Waals surface area (Å²) in [6.45, 7) is 3.71. The Morgan fingerprint density at radius 3 is 2.06 bits per heavy atom. The van der Waals surface area contributed by atoms with Gasteiger partial charge in [0.1, 0.15) is 0 Å². The van der Waals surface area contributed by atoms with Gasteiger partial charge in [0.15, 0.2) is 0 Å². The molecule has 2 heteroatoms. The number of benzene rings is 2. The minimum Gasteiger partial charge on any atom is -0.324 e. The third-order valence-corrected chi connectivity index (χ3v) is 2.87. The molecule has 2 aromatic carbocycles. The summed E-state index contributed by atoms with van der Waals surface area (Å²) in [5.41, 5.74) is 9.64. The zero-order valence-electron chi connectivity index (χ0n) is 10.3. The van der Waals surface area contributed by atoms with Crippen LogP contribution in [-0.4, -0.2) is 0 Å². The topological polar surface area (TPSA) is 26.0 Å². The summed E-state index contributed by atoms with van der Waals surface area (Å²) in [7, 11) is 0. The summed E-state index contributed by atoms with van der Waals surface area (Å²) < 4.78 is 0. The maximum Gasteiger partial charge on any atom is 0.0329 e. The highest BCUT2D eigenvalue weighted by Gasteiger charge is 2.03. The Morgan fingerprint density at radius 2 is 1.50 bits per heavy atom. The van der Waals surface area contributed by atoms with Crippen molar-refractivity contribution in [2.45, 2.75) is 12.5 Å². The fourth-order valence-electron chi connectivity index (χ4n) is 1.87. The van der Waals surface area contributed by atoms with Crippen molar-refractivity contribution in [3.8, 4) is 11.1 Å². The van der Waals surface area contributed by atoms with E-state index in [2.05, 4.69) is 43.0 Å². The zero-order valence-corrected chi connectivity index (χ0v) is 11.1. The van der Waals surface area contributed by atoms with Crippen LogP contribution in [-0.2, 0) is 0 Å². The molecular weight excluding hydrogens is 242 g/mol. The molecule has 0 unspecified atom stereocenters. The Labute approximate surface area is 115 Å². The lowest BCUT2D eigenvalue weighted by molar-refractivity contribution is 0.742. The lowest BCUT2D eigenvalue weighted by Gasteiger charge is -2.10. The van der Waals surface area contributed by atoms with Crippen molar-refractivity contribution in [3.05, 3.63) is 72.8 Å². The SMILES string of the molecule is C=CC[C@H](N)c1ccc(-c2ccccc2)cc1.Cl. The molecule has 2 rings (SSSR count). The van der Waals surface area contributed by atoms with Gasteiger partial charge in [0.2, 0.25) is 0 Å². The summed E-state index contributed by atoms with van der Waals surface area (Å²) in [5, 5.41) is 0. The Morgan fingerprint density at radius 1 is 0.944 bits per heavy atom. The van der Waals surface area contributed by atoms with Crippen LogP contribution in [0, 0.1) is 0 Å². The van der Waals surface area contributed by atoms with E-state index in [-0.39, 0.29) is 18.4 Å². The molecule has 0 heterocycles. The van der Waals surface area contributed by atoms with E-state index in [4.69, 9.17) is 5.73 Å². The monoisotopic (exact) mass is 259 g/mol. The van der Waals surface area contributed by atoms with Crippen molar-refractivity contribution < 1.29 is 0 Å². The molecule has 0 saturated heterocycles. The van der Waals surface area contributed by atoms with Crippen molar-refractivity contribution in [1.82, 2.24) is 0 Å². The quantitative estimate of drug-likeness (QED) is 0.812. The van der Waals surface area contributed by atoms with E-state index in [9.17, 15) is 0 Å². The standard InChI is InChI=1S/C16H17N.ClH/c1-2-6-16(17)15-11-9-14(10-12-15)13-7-4-3-5-8-13;/h2-5,7-12,16H,1,6,17H2;1H/t16-;/m0./s1. The van der Waals surface area contributed by atoms with E-state index in [0.717, 1.165) is 12.0 Å². The maximum atomic E-state index is 6.02. The Balaban J connectivity index is 0.00000162. The van der Waals surface area contributed by atoms with E-state index in [1.54, 1.807) is 0 Å². The molecule has 1 atom stereocenters. The van der Waals surface area contributed by atoms with Crippen LogP contribution in [0.2, 0.25) is 0 Å². The molecule has 0 saturated carbocycles. The molecule has 0 spiro atoms. The fourth-order valence-corrected chi connectivity index (χ4v) is 1.87. The molecule has 94 valence electrons. The highest BCUT2D eigenvalue weighted by Crippen LogP contribution is 2.22. The van der Waals surface area contributed by atoms with Gasteiger partial charge in [-0.3, -0.25) is 0 Å². The first kappa shape index (κ1) is 14.5. The first-order valence-corrected chi connectivity index (χ1v) is 5.83. The zero-order chi connectivity index (χ0) is 12.1. The van der Waals surface area contributed by atoms with Gasteiger partial charge in [-0.15, -0.1) is 19.0 Å². The molecule has 18 heavy (non-hydrogen) atoms.